The van der Waals surface area contributed by atoms with Crippen molar-refractivity contribution in [3.63, 3.8) is 0 Å². The second-order valence-electron chi connectivity index (χ2n) is 8.46. The average molecular weight is 384 g/mol. The maximum atomic E-state index is 13.3. The van der Waals surface area contributed by atoms with Crippen LogP contribution in [0.25, 0.3) is 0 Å². The number of anilines is 1. The number of aliphatic hydroxyl groups is 1. The van der Waals surface area contributed by atoms with Crippen molar-refractivity contribution in [3.8, 4) is 5.75 Å². The van der Waals surface area contributed by atoms with Gasteiger partial charge in [0.05, 0.1) is 17.7 Å². The molecule has 1 aromatic carbocycles. The van der Waals surface area contributed by atoms with Gasteiger partial charge >= 0.3 is 0 Å². The highest BCUT2D eigenvalue weighted by Crippen LogP contribution is 2.51. The van der Waals surface area contributed by atoms with Gasteiger partial charge < -0.3 is 14.7 Å². The van der Waals surface area contributed by atoms with E-state index in [1.807, 2.05) is 43.0 Å². The summed E-state index contributed by atoms with van der Waals surface area (Å²) in [5.74, 6) is 0.984. The summed E-state index contributed by atoms with van der Waals surface area (Å²) in [6, 6.07) is 7.74. The monoisotopic (exact) mass is 384 g/mol. The van der Waals surface area contributed by atoms with Gasteiger partial charge in [0, 0.05) is 19.3 Å². The van der Waals surface area contributed by atoms with Crippen LogP contribution in [-0.2, 0) is 17.4 Å². The van der Waals surface area contributed by atoms with Gasteiger partial charge in [0.2, 0.25) is 5.91 Å². The summed E-state index contributed by atoms with van der Waals surface area (Å²) in [5.41, 5.74) is 0.158. The zero-order valence-electron chi connectivity index (χ0n) is 16.8. The third-order valence-corrected chi connectivity index (χ3v) is 6.15. The van der Waals surface area contributed by atoms with E-state index < -0.39 is 5.60 Å². The summed E-state index contributed by atoms with van der Waals surface area (Å²) in [4.78, 5) is 15.2. The van der Waals surface area contributed by atoms with Crippen LogP contribution in [0.3, 0.4) is 0 Å². The van der Waals surface area contributed by atoms with Crippen molar-refractivity contribution in [3.05, 3.63) is 36.2 Å². The Morgan fingerprint density at radius 1 is 1.11 bits per heavy atom. The van der Waals surface area contributed by atoms with E-state index in [4.69, 9.17) is 4.74 Å². The van der Waals surface area contributed by atoms with Gasteiger partial charge in [-0.1, -0.05) is 5.21 Å². The minimum absolute atomic E-state index is 0.123. The first-order valence-corrected chi connectivity index (χ1v) is 9.99. The molecule has 150 valence electrons. The van der Waals surface area contributed by atoms with Crippen molar-refractivity contribution in [1.82, 2.24) is 15.0 Å². The summed E-state index contributed by atoms with van der Waals surface area (Å²) < 4.78 is 7.30. The summed E-state index contributed by atoms with van der Waals surface area (Å²) in [7, 11) is 1.79. The second-order valence-corrected chi connectivity index (χ2v) is 8.46. The molecule has 2 aliphatic rings. The van der Waals surface area contributed by atoms with Crippen LogP contribution in [0.1, 0.15) is 51.6 Å². The smallest absolute Gasteiger partial charge is 0.233 e. The van der Waals surface area contributed by atoms with Crippen LogP contribution in [0.15, 0.2) is 30.5 Å². The van der Waals surface area contributed by atoms with Gasteiger partial charge in [-0.2, -0.15) is 0 Å². The Kier molecular flexibility index (Phi) is 4.65. The number of rotatable bonds is 4. The van der Waals surface area contributed by atoms with Gasteiger partial charge in [0.25, 0.3) is 0 Å². The molecule has 1 aromatic heterocycles. The van der Waals surface area contributed by atoms with Gasteiger partial charge in [-0.3, -0.25) is 9.48 Å². The predicted octanol–water partition coefficient (Wildman–Crippen LogP) is 2.79. The van der Waals surface area contributed by atoms with Gasteiger partial charge in [0.15, 0.2) is 0 Å². The molecule has 2 fully saturated rings. The molecule has 28 heavy (non-hydrogen) atoms. The molecule has 0 bridgehead atoms. The lowest BCUT2D eigenvalue weighted by atomic mass is 9.67. The van der Waals surface area contributed by atoms with Crippen LogP contribution in [0, 0.1) is 5.41 Å². The van der Waals surface area contributed by atoms with Crippen LogP contribution in [0.5, 0.6) is 5.75 Å². The largest absolute Gasteiger partial charge is 0.491 e. The fraction of sp³-hybridized carbons (Fsp3) is 0.571. The lowest BCUT2D eigenvalue weighted by molar-refractivity contribution is -0.131. The number of ether oxygens (including phenoxy) is 1. The molecule has 1 saturated carbocycles. The van der Waals surface area contributed by atoms with Crippen LogP contribution < -0.4 is 9.64 Å². The molecule has 1 aliphatic carbocycles. The molecule has 7 heteroatoms. The minimum Gasteiger partial charge on any atom is -0.491 e. The lowest BCUT2D eigenvalue weighted by Gasteiger charge is -2.39. The van der Waals surface area contributed by atoms with E-state index in [1.165, 1.54) is 0 Å². The van der Waals surface area contributed by atoms with Crippen molar-refractivity contribution in [1.29, 1.82) is 0 Å². The van der Waals surface area contributed by atoms with E-state index in [1.54, 1.807) is 17.9 Å². The quantitative estimate of drug-likeness (QED) is 0.877. The highest BCUT2D eigenvalue weighted by atomic mass is 16.5. The maximum Gasteiger partial charge on any atom is 0.233 e. The SMILES string of the molecule is CC(C)Oc1ccc(N2CC[C@]3(CC[C@@](O)(c4cn(C)nn4)CC3)C2=O)cc1. The van der Waals surface area contributed by atoms with E-state index in [2.05, 4.69) is 10.3 Å². The average Bonchev–Trinajstić information content (AvgIpc) is 3.24. The first kappa shape index (κ1) is 18.9. The fourth-order valence-electron chi connectivity index (χ4n) is 4.47. The molecule has 4 rings (SSSR count). The number of aryl methyl sites for hydroxylation is 1. The summed E-state index contributed by atoms with van der Waals surface area (Å²) in [5, 5.41) is 19.0. The first-order chi connectivity index (χ1) is 13.3. The Morgan fingerprint density at radius 2 is 1.79 bits per heavy atom. The van der Waals surface area contributed by atoms with Crippen molar-refractivity contribution >= 4 is 11.6 Å². The molecule has 1 spiro atoms. The van der Waals surface area contributed by atoms with Crippen molar-refractivity contribution in [2.75, 3.05) is 11.4 Å². The lowest BCUT2D eigenvalue weighted by Crippen LogP contribution is -2.42. The highest BCUT2D eigenvalue weighted by Gasteiger charge is 2.52. The number of nitrogens with zero attached hydrogens (tertiary/aromatic N) is 4. The molecule has 0 atom stereocenters. The van der Waals surface area contributed by atoms with E-state index >= 15 is 0 Å². The van der Waals surface area contributed by atoms with Gasteiger partial charge in [-0.05, 0) is 70.2 Å². The standard InChI is InChI=1S/C21H28N4O3/c1-15(2)28-17-6-4-16(5-7-17)25-13-12-20(19(25)26)8-10-21(27,11-9-20)18-14-24(3)23-22-18/h4-7,14-15,27H,8-13H2,1-3H3/t20-,21+. The third-order valence-electron chi connectivity index (χ3n) is 6.15. The van der Waals surface area contributed by atoms with Crippen LogP contribution >= 0.6 is 0 Å². The van der Waals surface area contributed by atoms with Gasteiger partial charge in [-0.25, -0.2) is 0 Å². The number of carbonyl (C=O) groups excluding carboxylic acids is 1. The molecule has 0 radical (unpaired) electrons. The Bertz CT molecular complexity index is 851. The Labute approximate surface area is 165 Å². The summed E-state index contributed by atoms with van der Waals surface area (Å²) in [6.45, 7) is 4.70. The minimum atomic E-state index is -0.983. The number of benzene rings is 1. The van der Waals surface area contributed by atoms with Crippen molar-refractivity contribution in [2.24, 2.45) is 12.5 Å². The molecule has 1 amide bonds. The Balaban J connectivity index is 1.46. The molecule has 1 saturated heterocycles. The zero-order valence-corrected chi connectivity index (χ0v) is 16.8. The normalized spacial score (nSPS) is 27.8. The number of amides is 1. The second kappa shape index (κ2) is 6.88. The molecule has 1 aliphatic heterocycles. The van der Waals surface area contributed by atoms with Crippen molar-refractivity contribution in [2.45, 2.75) is 57.7 Å². The third kappa shape index (κ3) is 3.28. The number of hydrogen-bond acceptors (Lipinski definition) is 5. The van der Waals surface area contributed by atoms with E-state index in [9.17, 15) is 9.90 Å². The maximum absolute atomic E-state index is 13.3. The number of aromatic nitrogens is 3. The molecule has 2 aromatic rings. The van der Waals surface area contributed by atoms with Gasteiger partial charge in [-0.15, -0.1) is 5.10 Å². The summed E-state index contributed by atoms with van der Waals surface area (Å²) >= 11 is 0. The molecule has 7 nitrogen and oxygen atoms in total. The predicted molar refractivity (Wildman–Crippen MR) is 105 cm³/mol. The molecule has 0 unspecified atom stereocenters. The molecule has 1 N–H and O–H groups in total. The number of carbonyl (C=O) groups is 1. The Hall–Kier alpha value is -2.41. The number of hydrogen-bond donors (Lipinski definition) is 1. The van der Waals surface area contributed by atoms with Crippen LogP contribution in [0.2, 0.25) is 0 Å². The first-order valence-electron chi connectivity index (χ1n) is 9.99. The van der Waals surface area contributed by atoms with E-state index in [0.717, 1.165) is 17.9 Å². The highest BCUT2D eigenvalue weighted by molar-refractivity contribution is 6.00. The van der Waals surface area contributed by atoms with Crippen molar-refractivity contribution < 1.29 is 14.6 Å². The van der Waals surface area contributed by atoms with Crippen LogP contribution in [-0.4, -0.2) is 38.7 Å². The summed E-state index contributed by atoms with van der Waals surface area (Å²) in [6.07, 6.45) is 5.12. The molecular weight excluding hydrogens is 356 g/mol. The topological polar surface area (TPSA) is 80.5 Å². The molecule has 2 heterocycles. The van der Waals surface area contributed by atoms with Gasteiger partial charge in [0.1, 0.15) is 17.0 Å². The van der Waals surface area contributed by atoms with E-state index in [-0.39, 0.29) is 17.4 Å². The fourth-order valence-corrected chi connectivity index (χ4v) is 4.47. The van der Waals surface area contributed by atoms with E-state index in [0.29, 0.717) is 37.9 Å². The molecular formula is C21H28N4O3. The van der Waals surface area contributed by atoms with Crippen LogP contribution in [0.4, 0.5) is 5.69 Å². The zero-order chi connectivity index (χ0) is 19.9. The Morgan fingerprint density at radius 3 is 2.36 bits per heavy atom.